The fourth-order valence-electron chi connectivity index (χ4n) is 2.34. The maximum absolute atomic E-state index is 10.9. The van der Waals surface area contributed by atoms with Crippen LogP contribution in [0.25, 0.3) is 0 Å². The molecule has 20 heavy (non-hydrogen) atoms. The van der Waals surface area contributed by atoms with Gasteiger partial charge in [0.25, 0.3) is 0 Å². The molecule has 0 aliphatic heterocycles. The highest BCUT2D eigenvalue weighted by Crippen LogP contribution is 2.15. The molecule has 0 radical (unpaired) electrons. The van der Waals surface area contributed by atoms with Crippen molar-refractivity contribution in [1.29, 1.82) is 0 Å². The summed E-state index contributed by atoms with van der Waals surface area (Å²) in [7, 11) is 0. The lowest BCUT2D eigenvalue weighted by molar-refractivity contribution is -0.114. The molecule has 112 valence electrons. The van der Waals surface area contributed by atoms with Gasteiger partial charge in [-0.2, -0.15) is 0 Å². The Bertz CT molecular complexity index is 425. The highest BCUT2D eigenvalue weighted by atomic mass is 16.3. The van der Waals surface area contributed by atoms with Crippen molar-refractivity contribution in [2.75, 3.05) is 11.9 Å². The van der Waals surface area contributed by atoms with Gasteiger partial charge >= 0.3 is 0 Å². The molecule has 1 rings (SSSR count). The van der Waals surface area contributed by atoms with Crippen molar-refractivity contribution in [3.05, 3.63) is 29.8 Å². The Morgan fingerprint density at radius 3 is 2.40 bits per heavy atom. The van der Waals surface area contributed by atoms with E-state index in [1.165, 1.54) is 6.92 Å². The van der Waals surface area contributed by atoms with Gasteiger partial charge in [-0.15, -0.1) is 0 Å². The van der Waals surface area contributed by atoms with Crippen LogP contribution >= 0.6 is 0 Å². The van der Waals surface area contributed by atoms with Crippen LogP contribution in [-0.2, 0) is 11.3 Å². The zero-order valence-electron chi connectivity index (χ0n) is 12.9. The topological polar surface area (TPSA) is 61.4 Å². The molecule has 1 amide bonds. The molecule has 0 saturated carbocycles. The Balaban J connectivity index is 2.40. The van der Waals surface area contributed by atoms with Crippen molar-refractivity contribution >= 4 is 11.6 Å². The summed E-state index contributed by atoms with van der Waals surface area (Å²) in [6, 6.07) is 7.69. The van der Waals surface area contributed by atoms with Crippen LogP contribution in [0.2, 0.25) is 0 Å². The summed E-state index contributed by atoms with van der Waals surface area (Å²) < 4.78 is 0. The maximum atomic E-state index is 10.9. The third kappa shape index (κ3) is 6.68. The van der Waals surface area contributed by atoms with E-state index in [0.717, 1.165) is 17.7 Å². The van der Waals surface area contributed by atoms with E-state index in [-0.39, 0.29) is 5.91 Å². The first-order valence-corrected chi connectivity index (χ1v) is 7.08. The molecule has 1 aromatic rings. The number of hydrogen-bond donors (Lipinski definition) is 3. The summed E-state index contributed by atoms with van der Waals surface area (Å²) in [5.41, 5.74) is 1.25. The van der Waals surface area contributed by atoms with Crippen LogP contribution in [0.1, 0.15) is 39.7 Å². The van der Waals surface area contributed by atoms with E-state index in [0.29, 0.717) is 19.0 Å². The van der Waals surface area contributed by atoms with Crippen molar-refractivity contribution in [3.63, 3.8) is 0 Å². The largest absolute Gasteiger partial charge is 0.389 e. The van der Waals surface area contributed by atoms with Crippen molar-refractivity contribution < 1.29 is 9.90 Å². The monoisotopic (exact) mass is 278 g/mol. The average molecular weight is 278 g/mol. The number of aliphatic hydroxyl groups is 1. The molecular formula is C16H26N2O2. The minimum atomic E-state index is -0.676. The minimum Gasteiger partial charge on any atom is -0.389 e. The van der Waals surface area contributed by atoms with E-state index >= 15 is 0 Å². The minimum absolute atomic E-state index is 0.0689. The van der Waals surface area contributed by atoms with E-state index in [1.54, 1.807) is 0 Å². The summed E-state index contributed by atoms with van der Waals surface area (Å²) in [4.78, 5) is 10.9. The predicted octanol–water partition coefficient (Wildman–Crippen LogP) is 2.53. The van der Waals surface area contributed by atoms with Crippen LogP contribution in [0.15, 0.2) is 24.3 Å². The molecule has 4 heteroatoms. The van der Waals surface area contributed by atoms with Gasteiger partial charge in [-0.05, 0) is 37.0 Å². The number of anilines is 1. The Labute approximate surface area is 121 Å². The first-order valence-electron chi connectivity index (χ1n) is 7.08. The molecule has 1 aromatic carbocycles. The predicted molar refractivity (Wildman–Crippen MR) is 82.5 cm³/mol. The highest BCUT2D eigenvalue weighted by molar-refractivity contribution is 5.88. The van der Waals surface area contributed by atoms with Crippen LogP contribution < -0.4 is 10.6 Å². The summed E-state index contributed by atoms with van der Waals surface area (Å²) in [5.74, 6) is 0.407. The lowest BCUT2D eigenvalue weighted by atomic mass is 9.94. The second-order valence-corrected chi connectivity index (χ2v) is 6.08. The third-order valence-corrected chi connectivity index (χ3v) is 2.96. The summed E-state index contributed by atoms with van der Waals surface area (Å²) >= 11 is 0. The summed E-state index contributed by atoms with van der Waals surface area (Å²) in [5, 5.41) is 16.2. The first kappa shape index (κ1) is 16.7. The third-order valence-electron chi connectivity index (χ3n) is 2.96. The van der Waals surface area contributed by atoms with Crippen LogP contribution in [0, 0.1) is 5.92 Å². The fourth-order valence-corrected chi connectivity index (χ4v) is 2.34. The lowest BCUT2D eigenvalue weighted by Gasteiger charge is -2.25. The molecule has 0 aliphatic rings. The van der Waals surface area contributed by atoms with Crippen LogP contribution in [0.4, 0.5) is 5.69 Å². The van der Waals surface area contributed by atoms with Gasteiger partial charge in [0, 0.05) is 25.7 Å². The van der Waals surface area contributed by atoms with Gasteiger partial charge in [0.1, 0.15) is 0 Å². The van der Waals surface area contributed by atoms with Crippen LogP contribution in [-0.4, -0.2) is 23.2 Å². The van der Waals surface area contributed by atoms with Gasteiger partial charge in [-0.1, -0.05) is 26.0 Å². The van der Waals surface area contributed by atoms with Gasteiger partial charge in [-0.3, -0.25) is 4.79 Å². The molecule has 0 bridgehead atoms. The van der Waals surface area contributed by atoms with E-state index in [4.69, 9.17) is 0 Å². The molecule has 0 fully saturated rings. The van der Waals surface area contributed by atoms with E-state index in [9.17, 15) is 9.90 Å². The molecule has 0 heterocycles. The molecule has 0 aromatic heterocycles. The molecular weight excluding hydrogens is 252 g/mol. The molecule has 0 saturated heterocycles. The molecule has 1 atom stereocenters. The van der Waals surface area contributed by atoms with Gasteiger partial charge in [0.05, 0.1) is 5.60 Å². The fraction of sp³-hybridized carbons (Fsp3) is 0.562. The quantitative estimate of drug-likeness (QED) is 0.718. The van der Waals surface area contributed by atoms with Crippen molar-refractivity contribution in [2.24, 2.45) is 5.92 Å². The van der Waals surface area contributed by atoms with Crippen LogP contribution in [0.3, 0.4) is 0 Å². The zero-order chi connectivity index (χ0) is 15.2. The normalized spacial score (nSPS) is 14.1. The maximum Gasteiger partial charge on any atom is 0.221 e. The van der Waals surface area contributed by atoms with E-state index in [1.807, 2.05) is 31.2 Å². The Morgan fingerprint density at radius 1 is 1.30 bits per heavy atom. The lowest BCUT2D eigenvalue weighted by Crippen LogP contribution is -2.38. The summed E-state index contributed by atoms with van der Waals surface area (Å²) in [6.07, 6.45) is 0.779. The standard InChI is InChI=1S/C16H26N2O2/c1-12(2)9-16(4,20)11-17-10-14-5-7-15(8-6-14)18-13(3)19/h5-8,12,17,20H,9-11H2,1-4H3,(H,18,19). The molecule has 0 aliphatic carbocycles. The zero-order valence-corrected chi connectivity index (χ0v) is 12.9. The second-order valence-electron chi connectivity index (χ2n) is 6.08. The number of hydrogen-bond acceptors (Lipinski definition) is 3. The highest BCUT2D eigenvalue weighted by Gasteiger charge is 2.20. The van der Waals surface area contributed by atoms with Crippen molar-refractivity contribution in [2.45, 2.75) is 46.3 Å². The van der Waals surface area contributed by atoms with Crippen molar-refractivity contribution in [3.8, 4) is 0 Å². The number of nitrogens with one attached hydrogen (secondary N) is 2. The molecule has 1 unspecified atom stereocenters. The number of carbonyl (C=O) groups excluding carboxylic acids is 1. The van der Waals surface area contributed by atoms with Gasteiger partial charge in [-0.25, -0.2) is 0 Å². The van der Waals surface area contributed by atoms with Gasteiger partial charge in [0.2, 0.25) is 5.91 Å². The van der Waals surface area contributed by atoms with Gasteiger partial charge in [0.15, 0.2) is 0 Å². The van der Waals surface area contributed by atoms with Crippen LogP contribution in [0.5, 0.6) is 0 Å². The molecule has 3 N–H and O–H groups in total. The average Bonchev–Trinajstić information content (AvgIpc) is 2.28. The molecule has 0 spiro atoms. The van der Waals surface area contributed by atoms with Gasteiger partial charge < -0.3 is 15.7 Å². The number of carbonyl (C=O) groups is 1. The smallest absolute Gasteiger partial charge is 0.221 e. The number of amides is 1. The second kappa shape index (κ2) is 7.41. The Kier molecular flexibility index (Phi) is 6.17. The first-order chi connectivity index (χ1) is 9.28. The van der Waals surface area contributed by atoms with E-state index < -0.39 is 5.60 Å². The van der Waals surface area contributed by atoms with Crippen molar-refractivity contribution in [1.82, 2.24) is 5.32 Å². The van der Waals surface area contributed by atoms with E-state index in [2.05, 4.69) is 24.5 Å². The number of rotatable bonds is 7. The molecule has 4 nitrogen and oxygen atoms in total. The Hall–Kier alpha value is -1.39. The Morgan fingerprint density at radius 2 is 1.90 bits per heavy atom. The summed E-state index contributed by atoms with van der Waals surface area (Å²) in [6.45, 7) is 8.84. The SMILES string of the molecule is CC(=O)Nc1ccc(CNCC(C)(O)CC(C)C)cc1. The number of benzene rings is 1.